The van der Waals surface area contributed by atoms with Gasteiger partial charge < -0.3 is 5.32 Å². The minimum absolute atomic E-state index is 0.0123. The summed E-state index contributed by atoms with van der Waals surface area (Å²) in [6.07, 6.45) is 3.56. The zero-order chi connectivity index (χ0) is 23.8. The normalized spacial score (nSPS) is 11.7. The van der Waals surface area contributed by atoms with Crippen LogP contribution in [0.2, 0.25) is 5.02 Å². The van der Waals surface area contributed by atoms with Gasteiger partial charge in [0.25, 0.3) is 0 Å². The Hall–Kier alpha value is -2.90. The van der Waals surface area contributed by atoms with Crippen LogP contribution in [0.15, 0.2) is 60.7 Å². The summed E-state index contributed by atoms with van der Waals surface area (Å²) in [5.41, 5.74) is 4.37. The number of nitrogens with one attached hydrogen (secondary N) is 1. The Morgan fingerprint density at radius 1 is 1.09 bits per heavy atom. The molecule has 2 aromatic carbocycles. The van der Waals surface area contributed by atoms with E-state index in [9.17, 15) is 13.2 Å². The lowest BCUT2D eigenvalue weighted by Gasteiger charge is -2.07. The number of rotatable bonds is 10. The molecule has 174 valence electrons. The van der Waals surface area contributed by atoms with Crippen LogP contribution in [0, 0.1) is 13.8 Å². The maximum Gasteiger partial charge on any atom is 0.244 e. The van der Waals surface area contributed by atoms with E-state index in [0.717, 1.165) is 28.1 Å². The molecule has 0 aliphatic heterocycles. The fourth-order valence-corrected chi connectivity index (χ4v) is 5.14. The number of aryl methyl sites for hydroxylation is 1. The number of halogens is 1. The van der Waals surface area contributed by atoms with Crippen molar-refractivity contribution < 1.29 is 13.2 Å². The summed E-state index contributed by atoms with van der Waals surface area (Å²) in [5, 5.41) is 8.00. The highest BCUT2D eigenvalue weighted by atomic mass is 35.5. The average molecular weight is 486 g/mol. The number of carbonyl (C=O) groups is 1. The van der Waals surface area contributed by atoms with Gasteiger partial charge in [0.05, 0.1) is 23.7 Å². The number of sulfone groups is 1. The van der Waals surface area contributed by atoms with Gasteiger partial charge in [-0.25, -0.2) is 8.42 Å². The van der Waals surface area contributed by atoms with E-state index in [1.807, 2.05) is 61.0 Å². The lowest BCUT2D eigenvalue weighted by molar-refractivity contribution is -0.116. The molecule has 0 fully saturated rings. The van der Waals surface area contributed by atoms with Crippen LogP contribution in [0.4, 0.5) is 0 Å². The second-order valence-corrected chi connectivity index (χ2v) is 10.5. The third-order valence-electron chi connectivity index (χ3n) is 5.28. The monoisotopic (exact) mass is 485 g/mol. The van der Waals surface area contributed by atoms with Crippen molar-refractivity contribution in [1.29, 1.82) is 0 Å². The summed E-state index contributed by atoms with van der Waals surface area (Å²) in [4.78, 5) is 12.2. The van der Waals surface area contributed by atoms with Crippen molar-refractivity contribution in [3.05, 3.63) is 93.8 Å². The van der Waals surface area contributed by atoms with Gasteiger partial charge in [0, 0.05) is 28.9 Å². The van der Waals surface area contributed by atoms with E-state index < -0.39 is 9.84 Å². The lowest BCUT2D eigenvalue weighted by atomic mass is 10.1. The number of hydrogen-bond acceptors (Lipinski definition) is 4. The zero-order valence-corrected chi connectivity index (χ0v) is 20.4. The summed E-state index contributed by atoms with van der Waals surface area (Å²) in [5.74, 6) is -0.231. The molecular weight excluding hydrogens is 458 g/mol. The number of amides is 1. The van der Waals surface area contributed by atoms with Crippen LogP contribution in [-0.2, 0) is 26.9 Å². The van der Waals surface area contributed by atoms with Gasteiger partial charge in [-0.15, -0.1) is 0 Å². The molecule has 0 radical (unpaired) electrons. The molecule has 8 heteroatoms. The molecule has 1 N–H and O–H groups in total. The Bertz CT molecular complexity index is 1240. The van der Waals surface area contributed by atoms with Crippen LogP contribution in [-0.4, -0.2) is 36.4 Å². The maximum absolute atomic E-state index is 12.2. The van der Waals surface area contributed by atoms with Crippen molar-refractivity contribution in [2.45, 2.75) is 32.6 Å². The van der Waals surface area contributed by atoms with Crippen LogP contribution in [0.25, 0.3) is 6.08 Å². The van der Waals surface area contributed by atoms with Crippen molar-refractivity contribution in [3.8, 4) is 0 Å². The zero-order valence-electron chi connectivity index (χ0n) is 18.8. The van der Waals surface area contributed by atoms with Gasteiger partial charge in [-0.1, -0.05) is 60.1 Å². The topological polar surface area (TPSA) is 81.1 Å². The van der Waals surface area contributed by atoms with Crippen LogP contribution < -0.4 is 5.32 Å². The second kappa shape index (κ2) is 11.3. The number of benzene rings is 2. The summed E-state index contributed by atoms with van der Waals surface area (Å²) < 4.78 is 26.3. The lowest BCUT2D eigenvalue weighted by Crippen LogP contribution is -2.24. The molecule has 0 aliphatic rings. The minimum Gasteiger partial charge on any atom is -0.353 e. The van der Waals surface area contributed by atoms with E-state index >= 15 is 0 Å². The van der Waals surface area contributed by atoms with E-state index in [-0.39, 0.29) is 17.4 Å². The Balaban J connectivity index is 1.50. The molecule has 0 atom stereocenters. The number of aromatic nitrogens is 2. The number of carbonyl (C=O) groups excluding carboxylic acids is 1. The number of hydrogen-bond donors (Lipinski definition) is 1. The minimum atomic E-state index is -3.22. The number of nitrogens with zero attached hydrogens (tertiary/aromatic N) is 2. The predicted octanol–water partition coefficient (Wildman–Crippen LogP) is 4.34. The van der Waals surface area contributed by atoms with Crippen LogP contribution in [0.5, 0.6) is 0 Å². The molecular formula is C25H28ClN3O3S. The molecule has 3 aromatic rings. The van der Waals surface area contributed by atoms with Crippen molar-refractivity contribution in [3.63, 3.8) is 0 Å². The first-order valence-corrected chi connectivity index (χ1v) is 12.9. The first-order chi connectivity index (χ1) is 15.7. The third-order valence-corrected chi connectivity index (χ3v) is 7.33. The van der Waals surface area contributed by atoms with Gasteiger partial charge >= 0.3 is 0 Å². The molecule has 0 bridgehead atoms. The fourth-order valence-electron chi connectivity index (χ4n) is 3.52. The molecule has 0 spiro atoms. The molecule has 1 heterocycles. The Morgan fingerprint density at radius 3 is 2.52 bits per heavy atom. The molecule has 0 saturated heterocycles. The Kier molecular flexibility index (Phi) is 8.47. The molecule has 1 amide bonds. The molecule has 1 aromatic heterocycles. The van der Waals surface area contributed by atoms with Crippen molar-refractivity contribution in [1.82, 2.24) is 15.1 Å². The SMILES string of the molecule is Cc1nn(Cc2ccccc2Cl)c(C)c1C=CC(=O)NCCCS(=O)(=O)Cc1ccccc1. The highest BCUT2D eigenvalue weighted by molar-refractivity contribution is 7.90. The smallest absolute Gasteiger partial charge is 0.244 e. The molecule has 0 saturated carbocycles. The quantitative estimate of drug-likeness (QED) is 0.342. The summed E-state index contributed by atoms with van der Waals surface area (Å²) in [6, 6.07) is 16.7. The van der Waals surface area contributed by atoms with Gasteiger partial charge in [-0.05, 0) is 43.5 Å². The van der Waals surface area contributed by atoms with Crippen molar-refractivity contribution >= 4 is 33.4 Å². The highest BCUT2D eigenvalue weighted by Crippen LogP contribution is 2.20. The highest BCUT2D eigenvalue weighted by Gasteiger charge is 2.13. The van der Waals surface area contributed by atoms with Gasteiger partial charge in [-0.3, -0.25) is 9.48 Å². The van der Waals surface area contributed by atoms with Gasteiger partial charge in [0.15, 0.2) is 9.84 Å². The standard InChI is InChI=1S/C25H28ClN3O3S/c1-19-23(20(2)29(28-19)17-22-11-6-7-12-24(22)26)13-14-25(30)27-15-8-16-33(31,32)18-21-9-4-3-5-10-21/h3-7,9-14H,8,15-18H2,1-2H3,(H,27,30). The predicted molar refractivity (Wildman–Crippen MR) is 133 cm³/mol. The maximum atomic E-state index is 12.2. The van der Waals surface area contributed by atoms with Crippen molar-refractivity contribution in [2.75, 3.05) is 12.3 Å². The van der Waals surface area contributed by atoms with E-state index in [1.165, 1.54) is 6.08 Å². The van der Waals surface area contributed by atoms with Gasteiger partial charge in [-0.2, -0.15) is 5.10 Å². The first-order valence-electron chi connectivity index (χ1n) is 10.7. The Labute approximate surface area is 200 Å². The summed E-state index contributed by atoms with van der Waals surface area (Å²) in [7, 11) is -3.22. The van der Waals surface area contributed by atoms with Gasteiger partial charge in [0.2, 0.25) is 5.91 Å². The van der Waals surface area contributed by atoms with Crippen LogP contribution in [0.3, 0.4) is 0 Å². The molecule has 6 nitrogen and oxygen atoms in total. The largest absolute Gasteiger partial charge is 0.353 e. The van der Waals surface area contributed by atoms with E-state index in [2.05, 4.69) is 10.4 Å². The first kappa shape index (κ1) is 24.7. The molecule has 0 unspecified atom stereocenters. The van der Waals surface area contributed by atoms with Crippen molar-refractivity contribution in [2.24, 2.45) is 0 Å². The second-order valence-electron chi connectivity index (χ2n) is 7.89. The summed E-state index contributed by atoms with van der Waals surface area (Å²) >= 11 is 6.26. The molecule has 33 heavy (non-hydrogen) atoms. The third kappa shape index (κ3) is 7.30. The average Bonchev–Trinajstić information content (AvgIpc) is 3.04. The van der Waals surface area contributed by atoms with E-state index in [4.69, 9.17) is 11.6 Å². The molecule has 0 aliphatic carbocycles. The molecule has 3 rings (SSSR count). The fraction of sp³-hybridized carbons (Fsp3) is 0.280. The van der Waals surface area contributed by atoms with Crippen LogP contribution >= 0.6 is 11.6 Å². The Morgan fingerprint density at radius 2 is 1.79 bits per heavy atom. The van der Waals surface area contributed by atoms with Crippen LogP contribution in [0.1, 0.15) is 34.5 Å². The van der Waals surface area contributed by atoms with Gasteiger partial charge in [0.1, 0.15) is 0 Å². The summed E-state index contributed by atoms with van der Waals surface area (Å²) in [6.45, 7) is 4.68. The van der Waals surface area contributed by atoms with E-state index in [1.54, 1.807) is 18.2 Å². The van der Waals surface area contributed by atoms with E-state index in [0.29, 0.717) is 24.5 Å².